The average Bonchev–Trinajstić information content (AvgIpc) is 2.81. The van der Waals surface area contributed by atoms with Crippen molar-refractivity contribution in [2.75, 3.05) is 0 Å². The van der Waals surface area contributed by atoms with Gasteiger partial charge >= 0.3 is 11.7 Å². The number of hydrogen-bond donors (Lipinski definition) is 2. The highest BCUT2D eigenvalue weighted by Crippen LogP contribution is 2.36. The van der Waals surface area contributed by atoms with E-state index in [1.54, 1.807) is 13.8 Å². The van der Waals surface area contributed by atoms with E-state index < -0.39 is 41.8 Å². The van der Waals surface area contributed by atoms with Gasteiger partial charge < -0.3 is 14.6 Å². The van der Waals surface area contributed by atoms with Crippen LogP contribution in [0.1, 0.15) is 18.7 Å². The zero-order chi connectivity index (χ0) is 15.3. The lowest BCUT2D eigenvalue weighted by molar-refractivity contribution is -0.168. The second kappa shape index (κ2) is 4.68. The second-order valence-corrected chi connectivity index (χ2v) is 5.16. The molecule has 2 aliphatic rings. The topological polar surface area (TPSA) is 111 Å². The smallest absolute Gasteiger partial charge is 0.331 e. The fraction of sp³-hybridized carbons (Fsp3) is 0.462. The number of aromatic amines is 1. The number of aliphatic hydroxyl groups is 1. The Bertz CT molecular complexity index is 746. The quantitative estimate of drug-likeness (QED) is 0.641. The molecule has 4 unspecified atom stereocenters. The maximum absolute atomic E-state index is 12.0. The number of fused-ring (bicyclic) bond motifs is 1. The van der Waals surface area contributed by atoms with Gasteiger partial charge in [-0.2, -0.15) is 0 Å². The lowest BCUT2D eigenvalue weighted by atomic mass is 9.97. The van der Waals surface area contributed by atoms with Crippen molar-refractivity contribution >= 4 is 5.97 Å². The van der Waals surface area contributed by atoms with Gasteiger partial charge in [0.15, 0.2) is 12.3 Å². The molecule has 3 rings (SSSR count). The molecule has 0 bridgehead atoms. The molecular formula is C13H14N2O6. The van der Waals surface area contributed by atoms with Crippen LogP contribution in [0.4, 0.5) is 0 Å². The molecule has 2 aliphatic heterocycles. The lowest BCUT2D eigenvalue weighted by Crippen LogP contribution is -2.49. The standard InChI is InChI=1S/C13H14N2O6/c1-5-4-15(13(19)14-11(5)18)12-7-3-8(16)21-10(7)9(17)6(2)20-12/h3-4,6,9-10,12,17H,1-2H3,(H,14,18,19). The minimum Gasteiger partial charge on any atom is -0.452 e. The van der Waals surface area contributed by atoms with Crippen LogP contribution in [-0.4, -0.2) is 38.9 Å². The number of rotatable bonds is 1. The maximum Gasteiger partial charge on any atom is 0.331 e. The van der Waals surface area contributed by atoms with Crippen molar-refractivity contribution in [2.24, 2.45) is 0 Å². The molecule has 21 heavy (non-hydrogen) atoms. The third kappa shape index (κ3) is 2.12. The predicted octanol–water partition coefficient (Wildman–Crippen LogP) is -1.02. The van der Waals surface area contributed by atoms with Crippen LogP contribution in [0.3, 0.4) is 0 Å². The Morgan fingerprint density at radius 3 is 2.76 bits per heavy atom. The summed E-state index contributed by atoms with van der Waals surface area (Å²) in [5.41, 5.74) is -0.443. The van der Waals surface area contributed by atoms with E-state index in [1.165, 1.54) is 16.8 Å². The van der Waals surface area contributed by atoms with Gasteiger partial charge in [0.2, 0.25) is 0 Å². The van der Waals surface area contributed by atoms with Gasteiger partial charge in [-0.05, 0) is 13.8 Å². The number of aromatic nitrogens is 2. The largest absolute Gasteiger partial charge is 0.452 e. The van der Waals surface area contributed by atoms with Crippen molar-refractivity contribution in [3.8, 4) is 0 Å². The van der Waals surface area contributed by atoms with Crippen LogP contribution in [0, 0.1) is 6.92 Å². The minimum absolute atomic E-state index is 0.333. The highest BCUT2D eigenvalue weighted by molar-refractivity contribution is 5.86. The molecule has 3 heterocycles. The van der Waals surface area contributed by atoms with E-state index >= 15 is 0 Å². The fourth-order valence-electron chi connectivity index (χ4n) is 2.52. The Hall–Kier alpha value is -2.19. The number of aryl methyl sites for hydroxylation is 1. The number of ether oxygens (including phenoxy) is 2. The molecule has 1 fully saturated rings. The number of carbonyl (C=O) groups is 1. The third-order valence-corrected chi connectivity index (χ3v) is 3.67. The van der Waals surface area contributed by atoms with Crippen molar-refractivity contribution in [1.82, 2.24) is 9.55 Å². The Morgan fingerprint density at radius 2 is 2.05 bits per heavy atom. The van der Waals surface area contributed by atoms with Crippen LogP contribution in [0.15, 0.2) is 27.4 Å². The van der Waals surface area contributed by atoms with E-state index in [-0.39, 0.29) is 0 Å². The summed E-state index contributed by atoms with van der Waals surface area (Å²) in [6.45, 7) is 3.17. The zero-order valence-electron chi connectivity index (χ0n) is 11.4. The summed E-state index contributed by atoms with van der Waals surface area (Å²) in [5, 5.41) is 10.0. The number of esters is 1. The van der Waals surface area contributed by atoms with E-state index in [2.05, 4.69) is 4.98 Å². The second-order valence-electron chi connectivity index (χ2n) is 5.16. The molecule has 0 saturated carbocycles. The molecular weight excluding hydrogens is 280 g/mol. The van der Waals surface area contributed by atoms with E-state index in [0.717, 1.165) is 0 Å². The Kier molecular flexibility index (Phi) is 3.07. The van der Waals surface area contributed by atoms with Gasteiger partial charge in [0, 0.05) is 23.4 Å². The first-order valence-electron chi connectivity index (χ1n) is 6.46. The van der Waals surface area contributed by atoms with Crippen molar-refractivity contribution in [3.05, 3.63) is 44.2 Å². The van der Waals surface area contributed by atoms with Gasteiger partial charge in [0.1, 0.15) is 6.10 Å². The molecule has 2 N–H and O–H groups in total. The Labute approximate surface area is 118 Å². The van der Waals surface area contributed by atoms with Crippen molar-refractivity contribution in [2.45, 2.75) is 38.4 Å². The van der Waals surface area contributed by atoms with Gasteiger partial charge in [0.25, 0.3) is 5.56 Å². The Morgan fingerprint density at radius 1 is 1.33 bits per heavy atom. The normalized spacial score (nSPS) is 31.6. The molecule has 0 amide bonds. The number of hydrogen-bond acceptors (Lipinski definition) is 6. The number of aliphatic hydroxyl groups excluding tert-OH is 1. The van der Waals surface area contributed by atoms with Crippen molar-refractivity contribution < 1.29 is 19.4 Å². The van der Waals surface area contributed by atoms with Crippen LogP contribution in [0.25, 0.3) is 0 Å². The molecule has 112 valence electrons. The Balaban J connectivity index is 2.11. The predicted molar refractivity (Wildman–Crippen MR) is 69.6 cm³/mol. The molecule has 1 aromatic heterocycles. The van der Waals surface area contributed by atoms with Gasteiger partial charge in [0.05, 0.1) is 6.10 Å². The lowest BCUT2D eigenvalue weighted by Gasteiger charge is -2.37. The van der Waals surface area contributed by atoms with E-state index in [1.807, 2.05) is 0 Å². The molecule has 0 radical (unpaired) electrons. The summed E-state index contributed by atoms with van der Waals surface area (Å²) in [5.74, 6) is -0.592. The fourth-order valence-corrected chi connectivity index (χ4v) is 2.52. The summed E-state index contributed by atoms with van der Waals surface area (Å²) in [4.78, 5) is 37.0. The summed E-state index contributed by atoms with van der Waals surface area (Å²) in [7, 11) is 0. The van der Waals surface area contributed by atoms with Gasteiger partial charge in [-0.1, -0.05) is 0 Å². The number of nitrogens with one attached hydrogen (secondary N) is 1. The minimum atomic E-state index is -1.00. The monoisotopic (exact) mass is 294 g/mol. The molecule has 0 aliphatic carbocycles. The molecule has 8 heteroatoms. The summed E-state index contributed by atoms with van der Waals surface area (Å²) >= 11 is 0. The van der Waals surface area contributed by atoms with Gasteiger partial charge in [-0.15, -0.1) is 0 Å². The summed E-state index contributed by atoms with van der Waals surface area (Å²) in [6, 6.07) is 0. The van der Waals surface area contributed by atoms with Crippen LogP contribution in [0.2, 0.25) is 0 Å². The van der Waals surface area contributed by atoms with Crippen LogP contribution >= 0.6 is 0 Å². The molecule has 4 atom stereocenters. The van der Waals surface area contributed by atoms with Crippen molar-refractivity contribution in [1.29, 1.82) is 0 Å². The van der Waals surface area contributed by atoms with E-state index in [4.69, 9.17) is 9.47 Å². The van der Waals surface area contributed by atoms with Gasteiger partial charge in [-0.3, -0.25) is 14.3 Å². The number of H-pyrrole nitrogens is 1. The molecule has 8 nitrogen and oxygen atoms in total. The SMILES string of the molecule is Cc1cn(C2OC(C)C(O)C3OC(=O)C=C32)c(=O)[nH]c1=O. The van der Waals surface area contributed by atoms with Gasteiger partial charge in [-0.25, -0.2) is 9.59 Å². The highest BCUT2D eigenvalue weighted by atomic mass is 16.6. The molecule has 0 spiro atoms. The van der Waals surface area contributed by atoms with E-state index in [9.17, 15) is 19.5 Å². The van der Waals surface area contributed by atoms with Crippen LogP contribution in [0.5, 0.6) is 0 Å². The maximum atomic E-state index is 12.0. The molecule has 1 saturated heterocycles. The first-order chi connectivity index (χ1) is 9.88. The summed E-state index contributed by atoms with van der Waals surface area (Å²) in [6.07, 6.45) is -0.817. The number of nitrogens with zero attached hydrogens (tertiary/aromatic N) is 1. The third-order valence-electron chi connectivity index (χ3n) is 3.67. The van der Waals surface area contributed by atoms with Crippen LogP contribution < -0.4 is 11.2 Å². The van der Waals surface area contributed by atoms with Crippen molar-refractivity contribution in [3.63, 3.8) is 0 Å². The molecule has 0 aromatic carbocycles. The highest BCUT2D eigenvalue weighted by Gasteiger charge is 2.46. The average molecular weight is 294 g/mol. The van der Waals surface area contributed by atoms with Crippen LogP contribution in [-0.2, 0) is 14.3 Å². The number of carbonyl (C=O) groups excluding carboxylic acids is 1. The first-order valence-corrected chi connectivity index (χ1v) is 6.46. The molecule has 1 aromatic rings. The first kappa shape index (κ1) is 13.8. The van der Waals surface area contributed by atoms with E-state index in [0.29, 0.717) is 11.1 Å². The summed E-state index contributed by atoms with van der Waals surface area (Å²) < 4.78 is 11.8. The zero-order valence-corrected chi connectivity index (χ0v) is 11.4.